The van der Waals surface area contributed by atoms with Crippen LogP contribution in [-0.4, -0.2) is 31.8 Å². The van der Waals surface area contributed by atoms with Crippen LogP contribution in [0.3, 0.4) is 0 Å². The summed E-state index contributed by atoms with van der Waals surface area (Å²) in [6, 6.07) is -0.770. The molecule has 2 amide bonds. The Morgan fingerprint density at radius 3 is 2.55 bits per heavy atom. The first-order chi connectivity index (χ1) is 5.01. The van der Waals surface area contributed by atoms with E-state index in [1.807, 2.05) is 4.83 Å². The average molecular weight is 179 g/mol. The highest BCUT2D eigenvalue weighted by Gasteiger charge is 2.23. The largest absolute Gasteiger partial charge is 0.350 e. The number of hydrogen-bond donors (Lipinski definition) is 2. The van der Waals surface area contributed by atoms with Crippen LogP contribution in [-0.2, 0) is 10.0 Å². The van der Waals surface area contributed by atoms with Crippen LogP contribution in [0.25, 0.3) is 0 Å². The Morgan fingerprint density at radius 1 is 1.55 bits per heavy atom. The molecular formula is C4H9N3O3S. The average Bonchev–Trinajstić information content (AvgIpc) is 1.85. The summed E-state index contributed by atoms with van der Waals surface area (Å²) in [5.74, 6) is 0.0524. The Bertz CT molecular complexity index is 260. The first kappa shape index (κ1) is 8.28. The van der Waals surface area contributed by atoms with Gasteiger partial charge in [0.15, 0.2) is 0 Å². The van der Waals surface area contributed by atoms with Gasteiger partial charge in [-0.25, -0.2) is 18.2 Å². The lowest BCUT2D eigenvalue weighted by molar-refractivity contribution is 0.194. The Morgan fingerprint density at radius 2 is 2.18 bits per heavy atom. The zero-order valence-corrected chi connectivity index (χ0v) is 6.60. The molecular weight excluding hydrogens is 170 g/mol. The standard InChI is InChI=1S/C4H9N3O3S/c5-4(8)7-2-1-3-11(9,10)6-7/h6H,1-3H2,(H2,5,8). The monoisotopic (exact) mass is 179 g/mol. The summed E-state index contributed by atoms with van der Waals surface area (Å²) in [4.78, 5) is 12.5. The lowest BCUT2D eigenvalue weighted by atomic mass is 10.5. The van der Waals surface area contributed by atoms with Gasteiger partial charge in [0.1, 0.15) is 0 Å². The molecule has 0 aromatic rings. The van der Waals surface area contributed by atoms with Gasteiger partial charge in [-0.1, -0.05) is 0 Å². The van der Waals surface area contributed by atoms with E-state index in [0.29, 0.717) is 13.0 Å². The number of nitrogens with two attached hydrogens (primary N) is 1. The maximum atomic E-state index is 10.8. The molecule has 0 radical (unpaired) electrons. The van der Waals surface area contributed by atoms with E-state index in [4.69, 9.17) is 5.73 Å². The second kappa shape index (κ2) is 2.67. The molecule has 3 N–H and O–H groups in total. The summed E-state index contributed by atoms with van der Waals surface area (Å²) in [6.07, 6.45) is 0.429. The van der Waals surface area contributed by atoms with Crippen molar-refractivity contribution in [1.82, 2.24) is 9.84 Å². The molecule has 1 aliphatic rings. The van der Waals surface area contributed by atoms with Crippen LogP contribution >= 0.6 is 0 Å². The molecule has 0 unspecified atom stereocenters. The zero-order valence-electron chi connectivity index (χ0n) is 5.78. The first-order valence-electron chi connectivity index (χ1n) is 3.08. The fourth-order valence-electron chi connectivity index (χ4n) is 0.827. The highest BCUT2D eigenvalue weighted by Crippen LogP contribution is 2.00. The van der Waals surface area contributed by atoms with Gasteiger partial charge in [0.2, 0.25) is 10.0 Å². The zero-order chi connectivity index (χ0) is 8.48. The van der Waals surface area contributed by atoms with Gasteiger partial charge < -0.3 is 5.73 Å². The van der Waals surface area contributed by atoms with Crippen LogP contribution in [0.2, 0.25) is 0 Å². The molecule has 64 valence electrons. The molecule has 1 aliphatic heterocycles. The van der Waals surface area contributed by atoms with E-state index in [9.17, 15) is 13.2 Å². The van der Waals surface area contributed by atoms with Gasteiger partial charge in [-0.15, -0.1) is 4.83 Å². The number of sulfonamides is 1. The molecule has 11 heavy (non-hydrogen) atoms. The van der Waals surface area contributed by atoms with Crippen molar-refractivity contribution in [2.75, 3.05) is 12.3 Å². The molecule has 0 atom stereocenters. The van der Waals surface area contributed by atoms with Crippen molar-refractivity contribution in [1.29, 1.82) is 0 Å². The number of nitrogens with zero attached hydrogens (tertiary/aromatic N) is 1. The summed E-state index contributed by atoms with van der Waals surface area (Å²) in [7, 11) is -3.30. The fraction of sp³-hybridized carbons (Fsp3) is 0.750. The predicted molar refractivity (Wildman–Crippen MR) is 37.8 cm³/mol. The van der Waals surface area contributed by atoms with Gasteiger partial charge in [-0.05, 0) is 6.42 Å². The van der Waals surface area contributed by atoms with Crippen molar-refractivity contribution in [2.45, 2.75) is 6.42 Å². The van der Waals surface area contributed by atoms with Crippen molar-refractivity contribution in [3.63, 3.8) is 0 Å². The molecule has 0 aliphatic carbocycles. The minimum atomic E-state index is -3.30. The van der Waals surface area contributed by atoms with E-state index >= 15 is 0 Å². The Balaban J connectivity index is 2.68. The molecule has 1 saturated heterocycles. The van der Waals surface area contributed by atoms with E-state index in [1.54, 1.807) is 0 Å². The minimum absolute atomic E-state index is 0.0524. The molecule has 0 aromatic heterocycles. The van der Waals surface area contributed by atoms with Gasteiger partial charge >= 0.3 is 6.03 Å². The topological polar surface area (TPSA) is 92.5 Å². The summed E-state index contributed by atoms with van der Waals surface area (Å²) >= 11 is 0. The number of rotatable bonds is 0. The third-order valence-corrected chi connectivity index (χ3v) is 2.63. The molecule has 0 aromatic carbocycles. The number of nitrogens with one attached hydrogen (secondary N) is 1. The van der Waals surface area contributed by atoms with Gasteiger partial charge in [-0.3, -0.25) is 0 Å². The quantitative estimate of drug-likeness (QED) is 0.479. The molecule has 0 bridgehead atoms. The van der Waals surface area contributed by atoms with E-state index in [1.165, 1.54) is 0 Å². The number of carbonyl (C=O) groups is 1. The Labute approximate surface area is 64.4 Å². The van der Waals surface area contributed by atoms with Crippen LogP contribution in [0.4, 0.5) is 4.79 Å². The molecule has 6 nitrogen and oxygen atoms in total. The normalized spacial score (nSPS) is 23.1. The van der Waals surface area contributed by atoms with Gasteiger partial charge in [0, 0.05) is 6.54 Å². The predicted octanol–water partition coefficient (Wildman–Crippen LogP) is -1.39. The summed E-state index contributed by atoms with van der Waals surface area (Å²) < 4.78 is 21.6. The van der Waals surface area contributed by atoms with Crippen LogP contribution in [0.1, 0.15) is 6.42 Å². The second-order valence-electron chi connectivity index (χ2n) is 2.25. The van der Waals surface area contributed by atoms with Crippen molar-refractivity contribution < 1.29 is 13.2 Å². The van der Waals surface area contributed by atoms with Crippen LogP contribution in [0, 0.1) is 0 Å². The third-order valence-electron chi connectivity index (χ3n) is 1.31. The molecule has 0 spiro atoms. The van der Waals surface area contributed by atoms with Crippen LogP contribution in [0.5, 0.6) is 0 Å². The van der Waals surface area contributed by atoms with Gasteiger partial charge in [-0.2, -0.15) is 0 Å². The SMILES string of the molecule is NC(=O)N1CCCS(=O)(=O)N1. The molecule has 0 saturated carbocycles. The molecule has 1 fully saturated rings. The van der Waals surface area contributed by atoms with Gasteiger partial charge in [0.05, 0.1) is 5.75 Å². The van der Waals surface area contributed by atoms with Gasteiger partial charge in [0.25, 0.3) is 0 Å². The number of primary amides is 1. The van der Waals surface area contributed by atoms with Crippen molar-refractivity contribution >= 4 is 16.1 Å². The molecule has 1 rings (SSSR count). The number of amides is 2. The number of carbonyl (C=O) groups excluding carboxylic acids is 1. The lowest BCUT2D eigenvalue weighted by Crippen LogP contribution is -2.53. The Hall–Kier alpha value is -0.820. The van der Waals surface area contributed by atoms with Crippen LogP contribution < -0.4 is 10.6 Å². The summed E-state index contributed by atoms with van der Waals surface area (Å²) in [6.45, 7) is 0.342. The summed E-state index contributed by atoms with van der Waals surface area (Å²) in [5.41, 5.74) is 4.85. The van der Waals surface area contributed by atoms with E-state index in [2.05, 4.69) is 0 Å². The lowest BCUT2D eigenvalue weighted by Gasteiger charge is -2.24. The first-order valence-corrected chi connectivity index (χ1v) is 4.73. The summed E-state index contributed by atoms with van der Waals surface area (Å²) in [5, 5.41) is 0.888. The second-order valence-corrected chi connectivity index (χ2v) is 4.07. The van der Waals surface area contributed by atoms with Crippen molar-refractivity contribution in [2.24, 2.45) is 5.73 Å². The number of hydrazine groups is 1. The maximum Gasteiger partial charge on any atom is 0.329 e. The Kier molecular flexibility index (Phi) is 2.01. The molecule has 7 heteroatoms. The number of hydrogen-bond acceptors (Lipinski definition) is 3. The number of urea groups is 1. The van der Waals surface area contributed by atoms with Crippen molar-refractivity contribution in [3.8, 4) is 0 Å². The molecule has 1 heterocycles. The third kappa shape index (κ3) is 2.05. The fourth-order valence-corrected chi connectivity index (χ4v) is 1.94. The van der Waals surface area contributed by atoms with E-state index < -0.39 is 16.1 Å². The highest BCUT2D eigenvalue weighted by molar-refractivity contribution is 7.89. The highest BCUT2D eigenvalue weighted by atomic mass is 32.2. The maximum absolute atomic E-state index is 10.8. The minimum Gasteiger partial charge on any atom is -0.350 e. The van der Waals surface area contributed by atoms with Crippen LogP contribution in [0.15, 0.2) is 0 Å². The smallest absolute Gasteiger partial charge is 0.329 e. The van der Waals surface area contributed by atoms with E-state index in [-0.39, 0.29) is 5.75 Å². The van der Waals surface area contributed by atoms with Crippen molar-refractivity contribution in [3.05, 3.63) is 0 Å². The van der Waals surface area contributed by atoms with E-state index in [0.717, 1.165) is 5.01 Å².